The topological polar surface area (TPSA) is 77.3 Å². The number of hydrogen-bond donors (Lipinski definition) is 0. The molecule has 3 aromatic rings. The van der Waals surface area contributed by atoms with Crippen LogP contribution < -0.4 is 9.64 Å². The summed E-state index contributed by atoms with van der Waals surface area (Å²) in [6.45, 7) is 0.914. The molecule has 0 N–H and O–H groups in total. The first-order chi connectivity index (χ1) is 15.0. The third-order valence-corrected chi connectivity index (χ3v) is 6.34. The van der Waals surface area contributed by atoms with Gasteiger partial charge in [-0.05, 0) is 30.7 Å². The first kappa shape index (κ1) is 21.4. The molecular formula is C22H21ClN4O3S. The summed E-state index contributed by atoms with van der Waals surface area (Å²) in [7, 11) is 1.83. The lowest BCUT2D eigenvalue weighted by atomic mass is 10.1. The number of ether oxygens (including phenoxy) is 1. The molecule has 1 aliphatic heterocycles. The van der Waals surface area contributed by atoms with Crippen molar-refractivity contribution in [3.8, 4) is 5.75 Å². The molecule has 4 rings (SSSR count). The minimum Gasteiger partial charge on any atom is -0.484 e. The highest BCUT2D eigenvalue weighted by atomic mass is 35.5. The monoisotopic (exact) mass is 456 g/mol. The van der Waals surface area contributed by atoms with Crippen molar-refractivity contribution in [2.45, 2.75) is 24.6 Å². The molecule has 1 saturated heterocycles. The van der Waals surface area contributed by atoms with Gasteiger partial charge < -0.3 is 14.2 Å². The lowest BCUT2D eigenvalue weighted by Crippen LogP contribution is -2.23. The number of benzene rings is 2. The van der Waals surface area contributed by atoms with E-state index < -0.39 is 0 Å². The SMILES string of the molecule is Cn1c(COc2ccccc2Cl)nnc1SCC(=O)c1cccc(N2CCCC2=O)c1. The Morgan fingerprint density at radius 1 is 1.19 bits per heavy atom. The lowest BCUT2D eigenvalue weighted by Gasteiger charge is -2.16. The van der Waals surface area contributed by atoms with Crippen molar-refractivity contribution < 1.29 is 14.3 Å². The second-order valence-corrected chi connectivity index (χ2v) is 8.44. The summed E-state index contributed by atoms with van der Waals surface area (Å²) in [5.41, 5.74) is 1.35. The van der Waals surface area contributed by atoms with Crippen LogP contribution in [0, 0.1) is 0 Å². The average Bonchev–Trinajstić information content (AvgIpc) is 3.37. The molecule has 1 aliphatic rings. The van der Waals surface area contributed by atoms with E-state index >= 15 is 0 Å². The molecule has 0 atom stereocenters. The number of anilines is 1. The van der Waals surface area contributed by atoms with Crippen molar-refractivity contribution in [3.05, 3.63) is 64.9 Å². The van der Waals surface area contributed by atoms with E-state index in [1.165, 1.54) is 11.8 Å². The number of carbonyl (C=O) groups is 2. The zero-order chi connectivity index (χ0) is 21.8. The molecule has 0 bridgehead atoms. The molecule has 31 heavy (non-hydrogen) atoms. The van der Waals surface area contributed by atoms with E-state index in [0.717, 1.165) is 12.1 Å². The maximum absolute atomic E-state index is 12.7. The number of carbonyl (C=O) groups excluding carboxylic acids is 2. The summed E-state index contributed by atoms with van der Waals surface area (Å²) < 4.78 is 7.52. The molecule has 160 valence electrons. The van der Waals surface area contributed by atoms with Crippen molar-refractivity contribution in [1.82, 2.24) is 14.8 Å². The summed E-state index contributed by atoms with van der Waals surface area (Å²) in [6.07, 6.45) is 1.41. The van der Waals surface area contributed by atoms with Gasteiger partial charge in [0.2, 0.25) is 5.91 Å². The van der Waals surface area contributed by atoms with Crippen LogP contribution in [0.15, 0.2) is 53.7 Å². The molecule has 2 aromatic carbocycles. The molecule has 0 aliphatic carbocycles. The Bertz CT molecular complexity index is 1120. The van der Waals surface area contributed by atoms with E-state index in [-0.39, 0.29) is 24.1 Å². The first-order valence-corrected chi connectivity index (χ1v) is 11.2. The molecule has 0 saturated carbocycles. The van der Waals surface area contributed by atoms with Crippen molar-refractivity contribution in [2.75, 3.05) is 17.2 Å². The van der Waals surface area contributed by atoms with Gasteiger partial charge in [-0.1, -0.05) is 47.6 Å². The Morgan fingerprint density at radius 2 is 2.03 bits per heavy atom. The van der Waals surface area contributed by atoms with Crippen LogP contribution >= 0.6 is 23.4 Å². The van der Waals surface area contributed by atoms with Crippen LogP contribution in [0.2, 0.25) is 5.02 Å². The van der Waals surface area contributed by atoms with Crippen molar-refractivity contribution in [1.29, 1.82) is 0 Å². The Labute approximate surface area is 189 Å². The van der Waals surface area contributed by atoms with Crippen LogP contribution in [0.4, 0.5) is 5.69 Å². The number of hydrogen-bond acceptors (Lipinski definition) is 6. The van der Waals surface area contributed by atoms with E-state index in [2.05, 4.69) is 10.2 Å². The number of thioether (sulfide) groups is 1. The number of Topliss-reactive ketones (excluding diaryl/α,β-unsaturated/α-hetero) is 1. The van der Waals surface area contributed by atoms with Crippen molar-refractivity contribution >= 4 is 40.7 Å². The summed E-state index contributed by atoms with van der Waals surface area (Å²) >= 11 is 7.42. The summed E-state index contributed by atoms with van der Waals surface area (Å²) in [6, 6.07) is 14.5. The van der Waals surface area contributed by atoms with Crippen LogP contribution in [-0.4, -0.2) is 38.8 Å². The lowest BCUT2D eigenvalue weighted by molar-refractivity contribution is -0.117. The molecule has 0 spiro atoms. The number of nitrogens with zero attached hydrogens (tertiary/aromatic N) is 4. The fourth-order valence-corrected chi connectivity index (χ4v) is 4.30. The van der Waals surface area contributed by atoms with Gasteiger partial charge in [-0.25, -0.2) is 0 Å². The maximum Gasteiger partial charge on any atom is 0.227 e. The van der Waals surface area contributed by atoms with Gasteiger partial charge >= 0.3 is 0 Å². The minimum atomic E-state index is -0.0321. The van der Waals surface area contributed by atoms with Crippen molar-refractivity contribution in [3.63, 3.8) is 0 Å². The highest BCUT2D eigenvalue weighted by molar-refractivity contribution is 7.99. The van der Waals surface area contributed by atoms with Gasteiger partial charge in [0.1, 0.15) is 12.4 Å². The molecule has 7 nitrogen and oxygen atoms in total. The maximum atomic E-state index is 12.7. The van der Waals surface area contributed by atoms with Crippen LogP contribution in [-0.2, 0) is 18.4 Å². The van der Waals surface area contributed by atoms with Crippen LogP contribution in [0.3, 0.4) is 0 Å². The predicted molar refractivity (Wildman–Crippen MR) is 120 cm³/mol. The summed E-state index contributed by atoms with van der Waals surface area (Å²) in [5.74, 6) is 1.49. The van der Waals surface area contributed by atoms with Gasteiger partial charge in [-0.3, -0.25) is 9.59 Å². The molecule has 2 heterocycles. The molecule has 1 fully saturated rings. The fraction of sp³-hybridized carbons (Fsp3) is 0.273. The van der Waals surface area contributed by atoms with Gasteiger partial charge in [0, 0.05) is 31.3 Å². The molecule has 1 amide bonds. The summed E-state index contributed by atoms with van der Waals surface area (Å²) in [4.78, 5) is 26.4. The van der Waals surface area contributed by atoms with Gasteiger partial charge in [0.15, 0.2) is 16.8 Å². The number of aromatic nitrogens is 3. The Morgan fingerprint density at radius 3 is 2.81 bits per heavy atom. The van der Waals surface area contributed by atoms with E-state index in [1.54, 1.807) is 33.7 Å². The van der Waals surface area contributed by atoms with E-state index in [0.29, 0.717) is 40.3 Å². The zero-order valence-corrected chi connectivity index (χ0v) is 18.5. The van der Waals surface area contributed by atoms with Crippen LogP contribution in [0.1, 0.15) is 29.0 Å². The van der Waals surface area contributed by atoms with E-state index in [1.807, 2.05) is 31.3 Å². The van der Waals surface area contributed by atoms with E-state index in [4.69, 9.17) is 16.3 Å². The zero-order valence-electron chi connectivity index (χ0n) is 17.0. The first-order valence-electron chi connectivity index (χ1n) is 9.85. The van der Waals surface area contributed by atoms with Crippen LogP contribution in [0.5, 0.6) is 5.75 Å². The van der Waals surface area contributed by atoms with Gasteiger partial charge in [0.25, 0.3) is 0 Å². The highest BCUT2D eigenvalue weighted by Crippen LogP contribution is 2.26. The molecule has 0 unspecified atom stereocenters. The minimum absolute atomic E-state index is 0.0321. The normalized spacial score (nSPS) is 13.6. The largest absolute Gasteiger partial charge is 0.484 e. The number of halogens is 1. The second-order valence-electron chi connectivity index (χ2n) is 7.09. The second kappa shape index (κ2) is 9.53. The molecule has 1 aromatic heterocycles. The standard InChI is InChI=1S/C22H21ClN4O3S/c1-26-20(13-30-19-9-3-2-8-17(19)23)24-25-22(26)31-14-18(28)15-6-4-7-16(12-15)27-11-5-10-21(27)29/h2-4,6-9,12H,5,10-11,13-14H2,1H3. The van der Waals surface area contributed by atoms with Gasteiger partial charge in [-0.2, -0.15) is 0 Å². The predicted octanol–water partition coefficient (Wildman–Crippen LogP) is 4.15. The quantitative estimate of drug-likeness (QED) is 0.374. The van der Waals surface area contributed by atoms with Gasteiger partial charge in [-0.15, -0.1) is 10.2 Å². The molecule has 0 radical (unpaired) electrons. The van der Waals surface area contributed by atoms with Crippen molar-refractivity contribution in [2.24, 2.45) is 7.05 Å². The molecule has 9 heteroatoms. The average molecular weight is 457 g/mol. The number of para-hydroxylation sites is 1. The van der Waals surface area contributed by atoms with Gasteiger partial charge in [0.05, 0.1) is 10.8 Å². The highest BCUT2D eigenvalue weighted by Gasteiger charge is 2.22. The third kappa shape index (κ3) is 4.91. The fourth-order valence-electron chi connectivity index (χ4n) is 3.28. The number of amides is 1. The Hall–Kier alpha value is -2.84. The third-order valence-electron chi connectivity index (χ3n) is 5.00. The number of rotatable bonds is 8. The summed E-state index contributed by atoms with van der Waals surface area (Å²) in [5, 5.41) is 9.47. The van der Waals surface area contributed by atoms with E-state index in [9.17, 15) is 9.59 Å². The smallest absolute Gasteiger partial charge is 0.227 e. The van der Waals surface area contributed by atoms with Crippen LogP contribution in [0.25, 0.3) is 0 Å². The Balaban J connectivity index is 1.37. The molecular weight excluding hydrogens is 436 g/mol. The Kier molecular flexibility index (Phi) is 6.58. The number of ketones is 1.